The summed E-state index contributed by atoms with van der Waals surface area (Å²) in [6, 6.07) is 0. The zero-order valence-corrected chi connectivity index (χ0v) is 17.7. The van der Waals surface area contributed by atoms with Gasteiger partial charge in [-0.3, -0.25) is 0 Å². The quantitative estimate of drug-likeness (QED) is 0.540. The molecule has 19 heavy (non-hydrogen) atoms. The SMILES string of the molecule is CC(C)C[N-]CC(C)C.CC(C)C[N-]CC(C)C.[Zn+2]. The maximum atomic E-state index is 4.37. The van der Waals surface area contributed by atoms with Gasteiger partial charge in [-0.15, -0.1) is 26.2 Å². The van der Waals surface area contributed by atoms with Gasteiger partial charge in [-0.2, -0.15) is 0 Å². The summed E-state index contributed by atoms with van der Waals surface area (Å²) in [6.07, 6.45) is 0. The van der Waals surface area contributed by atoms with Gasteiger partial charge in [0.25, 0.3) is 0 Å². The van der Waals surface area contributed by atoms with Crippen LogP contribution in [0.2, 0.25) is 0 Å². The minimum atomic E-state index is 0. The normalized spacial score (nSPS) is 10.7. The second-order valence-corrected chi connectivity index (χ2v) is 6.75. The first-order valence-electron chi connectivity index (χ1n) is 7.52. The van der Waals surface area contributed by atoms with Gasteiger partial charge in [-0.25, -0.2) is 0 Å². The van der Waals surface area contributed by atoms with Crippen molar-refractivity contribution in [3.8, 4) is 0 Å². The summed E-state index contributed by atoms with van der Waals surface area (Å²) in [5, 5.41) is 8.74. The van der Waals surface area contributed by atoms with Crippen molar-refractivity contribution in [2.24, 2.45) is 23.7 Å². The van der Waals surface area contributed by atoms with Crippen LogP contribution in [0.4, 0.5) is 0 Å². The van der Waals surface area contributed by atoms with Crippen molar-refractivity contribution in [1.82, 2.24) is 0 Å². The Morgan fingerprint density at radius 1 is 0.474 bits per heavy atom. The van der Waals surface area contributed by atoms with Crippen LogP contribution in [0.25, 0.3) is 10.6 Å². The average Bonchev–Trinajstić information content (AvgIpc) is 2.15. The summed E-state index contributed by atoms with van der Waals surface area (Å²) in [4.78, 5) is 0. The van der Waals surface area contributed by atoms with Gasteiger partial charge in [0, 0.05) is 0 Å². The molecule has 0 atom stereocenters. The number of nitrogens with zero attached hydrogens (tertiary/aromatic N) is 2. The van der Waals surface area contributed by atoms with Gasteiger partial charge in [0.1, 0.15) is 0 Å². The van der Waals surface area contributed by atoms with Crippen molar-refractivity contribution >= 4 is 0 Å². The molecule has 0 N–H and O–H groups in total. The second-order valence-electron chi connectivity index (χ2n) is 6.75. The topological polar surface area (TPSA) is 28.2 Å². The first-order chi connectivity index (χ1) is 8.25. The van der Waals surface area contributed by atoms with Crippen LogP contribution in [0.1, 0.15) is 55.4 Å². The third kappa shape index (κ3) is 32.3. The fourth-order valence-electron chi connectivity index (χ4n) is 1.18. The molecule has 0 spiro atoms. The van der Waals surface area contributed by atoms with E-state index in [4.69, 9.17) is 0 Å². The fourth-order valence-corrected chi connectivity index (χ4v) is 1.18. The zero-order valence-electron chi connectivity index (χ0n) is 14.7. The molecular weight excluding hydrogens is 286 g/mol. The van der Waals surface area contributed by atoms with Gasteiger partial charge < -0.3 is 10.6 Å². The van der Waals surface area contributed by atoms with E-state index in [1.807, 2.05) is 0 Å². The van der Waals surface area contributed by atoms with E-state index in [2.05, 4.69) is 66.0 Å². The molecule has 2 nitrogen and oxygen atoms in total. The molecule has 0 saturated heterocycles. The molecule has 0 aliphatic heterocycles. The van der Waals surface area contributed by atoms with Crippen molar-refractivity contribution in [1.29, 1.82) is 0 Å². The average molecular weight is 322 g/mol. The molecule has 3 heteroatoms. The van der Waals surface area contributed by atoms with E-state index in [-0.39, 0.29) is 19.5 Å². The van der Waals surface area contributed by atoms with Gasteiger partial charge in [-0.05, 0) is 0 Å². The molecule has 0 rings (SSSR count). The summed E-state index contributed by atoms with van der Waals surface area (Å²) in [7, 11) is 0. The van der Waals surface area contributed by atoms with Crippen molar-refractivity contribution in [2.45, 2.75) is 55.4 Å². The Morgan fingerprint density at radius 3 is 0.737 bits per heavy atom. The number of rotatable bonds is 8. The van der Waals surface area contributed by atoms with Crippen LogP contribution in [0.5, 0.6) is 0 Å². The van der Waals surface area contributed by atoms with E-state index in [9.17, 15) is 0 Å². The molecule has 0 fully saturated rings. The van der Waals surface area contributed by atoms with E-state index in [1.165, 1.54) is 0 Å². The van der Waals surface area contributed by atoms with Crippen LogP contribution in [-0.2, 0) is 19.5 Å². The van der Waals surface area contributed by atoms with Crippen LogP contribution in [0, 0.1) is 23.7 Å². The molecule has 0 heterocycles. The Bertz CT molecular complexity index is 123. The Labute approximate surface area is 135 Å². The molecule has 0 aliphatic rings. The summed E-state index contributed by atoms with van der Waals surface area (Å²) >= 11 is 0. The summed E-state index contributed by atoms with van der Waals surface area (Å²) in [6.45, 7) is 21.7. The molecule has 112 valence electrons. The number of hydrogen-bond donors (Lipinski definition) is 0. The summed E-state index contributed by atoms with van der Waals surface area (Å²) in [5.41, 5.74) is 0. The first-order valence-corrected chi connectivity index (χ1v) is 7.52. The maximum Gasteiger partial charge on any atom is 2.00 e. The Hall–Kier alpha value is 0.543. The number of hydrogen-bond acceptors (Lipinski definition) is 0. The van der Waals surface area contributed by atoms with E-state index in [1.54, 1.807) is 0 Å². The summed E-state index contributed by atoms with van der Waals surface area (Å²) in [5.74, 6) is 2.90. The molecule has 0 bridgehead atoms. The predicted molar refractivity (Wildman–Crippen MR) is 85.5 cm³/mol. The van der Waals surface area contributed by atoms with Crippen molar-refractivity contribution in [3.63, 3.8) is 0 Å². The smallest absolute Gasteiger partial charge is 0.662 e. The monoisotopic (exact) mass is 320 g/mol. The summed E-state index contributed by atoms with van der Waals surface area (Å²) < 4.78 is 0. The molecule has 0 aromatic carbocycles. The van der Waals surface area contributed by atoms with E-state index >= 15 is 0 Å². The molecule has 0 unspecified atom stereocenters. The van der Waals surface area contributed by atoms with Crippen LogP contribution in [-0.4, -0.2) is 26.2 Å². The predicted octanol–water partition coefficient (Wildman–Crippen LogP) is 5.34. The van der Waals surface area contributed by atoms with Gasteiger partial charge in [0.05, 0.1) is 0 Å². The van der Waals surface area contributed by atoms with Gasteiger partial charge in [-0.1, -0.05) is 79.1 Å². The van der Waals surface area contributed by atoms with Crippen molar-refractivity contribution < 1.29 is 19.5 Å². The molecule has 0 aromatic rings. The van der Waals surface area contributed by atoms with E-state index in [0.29, 0.717) is 0 Å². The zero-order chi connectivity index (χ0) is 14.6. The first kappa shape index (κ1) is 24.6. The van der Waals surface area contributed by atoms with Crippen molar-refractivity contribution in [2.75, 3.05) is 26.2 Å². The van der Waals surface area contributed by atoms with Crippen LogP contribution >= 0.6 is 0 Å². The van der Waals surface area contributed by atoms with Gasteiger partial charge >= 0.3 is 19.5 Å². The third-order valence-corrected chi connectivity index (χ3v) is 1.98. The largest absolute Gasteiger partial charge is 2.00 e. The molecule has 0 aliphatic carbocycles. The Balaban J connectivity index is -0.000000256. The van der Waals surface area contributed by atoms with Crippen LogP contribution in [0.15, 0.2) is 0 Å². The minimum Gasteiger partial charge on any atom is -0.662 e. The molecule has 0 amide bonds. The molecule has 0 saturated carbocycles. The van der Waals surface area contributed by atoms with E-state index < -0.39 is 0 Å². The fraction of sp³-hybridized carbons (Fsp3) is 1.00. The van der Waals surface area contributed by atoms with Crippen LogP contribution < -0.4 is 0 Å². The van der Waals surface area contributed by atoms with Crippen molar-refractivity contribution in [3.05, 3.63) is 10.6 Å². The molecule has 0 radical (unpaired) electrons. The van der Waals surface area contributed by atoms with E-state index in [0.717, 1.165) is 49.9 Å². The van der Waals surface area contributed by atoms with Gasteiger partial charge in [0.15, 0.2) is 0 Å². The van der Waals surface area contributed by atoms with Gasteiger partial charge in [0.2, 0.25) is 0 Å². The molecular formula is C16H36N2Zn. The Kier molecular flexibility index (Phi) is 21.4. The third-order valence-electron chi connectivity index (χ3n) is 1.98. The second kappa shape index (κ2) is 16.6. The minimum absolute atomic E-state index is 0. The standard InChI is InChI=1S/2C8H18N.Zn/c2*1-7(2)5-9-6-8(3)4;/h2*7-8H,5-6H2,1-4H3;/q2*-1;+2. The maximum absolute atomic E-state index is 4.37. The van der Waals surface area contributed by atoms with Crippen LogP contribution in [0.3, 0.4) is 0 Å². The molecule has 0 aromatic heterocycles. The Morgan fingerprint density at radius 2 is 0.632 bits per heavy atom.